The van der Waals surface area contributed by atoms with E-state index in [1.165, 1.54) is 6.92 Å². The highest BCUT2D eigenvalue weighted by atomic mass is 35.5. The quantitative estimate of drug-likeness (QED) is 0.601. The van der Waals surface area contributed by atoms with Crippen LogP contribution in [0.3, 0.4) is 0 Å². The van der Waals surface area contributed by atoms with Crippen molar-refractivity contribution in [2.24, 2.45) is 0 Å². The first-order valence-electron chi connectivity index (χ1n) is 7.40. The maximum atomic E-state index is 12.1. The molecule has 0 bridgehead atoms. The van der Waals surface area contributed by atoms with E-state index in [9.17, 15) is 9.59 Å². The number of thiophene rings is 1. The Bertz CT molecular complexity index is 783. The Balaban J connectivity index is 1.70. The van der Waals surface area contributed by atoms with Gasteiger partial charge in [-0.2, -0.15) is 0 Å². The van der Waals surface area contributed by atoms with Crippen LogP contribution in [0.5, 0.6) is 11.5 Å². The average molecular weight is 367 g/mol. The summed E-state index contributed by atoms with van der Waals surface area (Å²) in [7, 11) is 0. The first-order chi connectivity index (χ1) is 11.5. The number of ketones is 1. The maximum Gasteiger partial charge on any atom is 0.348 e. The van der Waals surface area contributed by atoms with Gasteiger partial charge in [-0.3, -0.25) is 4.79 Å². The molecule has 0 spiro atoms. The molecular formula is C17H15ClO5S. The van der Waals surface area contributed by atoms with Gasteiger partial charge in [-0.15, -0.1) is 11.3 Å². The predicted molar refractivity (Wildman–Crippen MR) is 90.5 cm³/mol. The smallest absolute Gasteiger partial charge is 0.348 e. The molecule has 3 rings (SSSR count). The van der Waals surface area contributed by atoms with Gasteiger partial charge < -0.3 is 14.2 Å². The minimum absolute atomic E-state index is 0.0580. The van der Waals surface area contributed by atoms with E-state index in [2.05, 4.69) is 0 Å². The van der Waals surface area contributed by atoms with Crippen LogP contribution in [0.2, 0.25) is 5.02 Å². The molecule has 126 valence electrons. The van der Waals surface area contributed by atoms with E-state index in [1.807, 2.05) is 0 Å². The van der Waals surface area contributed by atoms with Gasteiger partial charge >= 0.3 is 5.97 Å². The average Bonchev–Trinajstić information content (AvgIpc) is 2.93. The number of hydrogen-bond acceptors (Lipinski definition) is 6. The second-order valence-corrected chi connectivity index (χ2v) is 6.74. The molecule has 5 nitrogen and oxygen atoms in total. The lowest BCUT2D eigenvalue weighted by Gasteiger charge is -2.11. The van der Waals surface area contributed by atoms with Gasteiger partial charge in [-0.1, -0.05) is 11.6 Å². The lowest BCUT2D eigenvalue weighted by molar-refractivity contribution is 0.0478. The van der Waals surface area contributed by atoms with Gasteiger partial charge in [0.15, 0.2) is 17.3 Å². The Morgan fingerprint density at radius 3 is 2.71 bits per heavy atom. The third-order valence-corrected chi connectivity index (χ3v) is 4.83. The molecule has 0 saturated carbocycles. The normalized spacial score (nSPS) is 13.2. The zero-order valence-electron chi connectivity index (χ0n) is 13.0. The number of benzene rings is 1. The number of hydrogen-bond donors (Lipinski definition) is 0. The largest absolute Gasteiger partial charge is 0.489 e. The van der Waals surface area contributed by atoms with Gasteiger partial charge in [-0.25, -0.2) is 4.79 Å². The van der Waals surface area contributed by atoms with Crippen molar-refractivity contribution >= 4 is 34.7 Å². The second kappa shape index (κ2) is 7.23. The third-order valence-electron chi connectivity index (χ3n) is 3.39. The molecule has 0 N–H and O–H groups in total. The molecule has 1 aliphatic rings. The van der Waals surface area contributed by atoms with E-state index in [0.29, 0.717) is 45.1 Å². The summed E-state index contributed by atoms with van der Waals surface area (Å²) < 4.78 is 16.5. The fourth-order valence-electron chi connectivity index (χ4n) is 2.22. The standard InChI is InChI=1S/C17H15ClO5S/c1-10(19)14-3-4-15(24-14)17(20)23-9-11-7-12(18)16-13(8-11)21-5-2-6-22-16/h3-4,7-8H,2,5-6,9H2,1H3. The van der Waals surface area contributed by atoms with Gasteiger partial charge in [0.1, 0.15) is 11.5 Å². The molecule has 0 amide bonds. The van der Waals surface area contributed by atoms with Crippen LogP contribution in [0, 0.1) is 0 Å². The maximum absolute atomic E-state index is 12.1. The van der Waals surface area contributed by atoms with Crippen molar-refractivity contribution in [3.05, 3.63) is 44.6 Å². The molecule has 1 aromatic heterocycles. The number of esters is 1. The zero-order valence-corrected chi connectivity index (χ0v) is 14.5. The van der Waals surface area contributed by atoms with E-state index in [1.54, 1.807) is 24.3 Å². The summed E-state index contributed by atoms with van der Waals surface area (Å²) in [5.41, 5.74) is 0.709. The Kier molecular flexibility index (Phi) is 5.06. The molecule has 0 unspecified atom stereocenters. The topological polar surface area (TPSA) is 61.8 Å². The summed E-state index contributed by atoms with van der Waals surface area (Å²) in [5, 5.41) is 0.426. The molecule has 2 aromatic rings. The zero-order chi connectivity index (χ0) is 17.1. The Hall–Kier alpha value is -2.05. The summed E-state index contributed by atoms with van der Waals surface area (Å²) in [4.78, 5) is 24.3. The van der Waals surface area contributed by atoms with Crippen molar-refractivity contribution in [3.8, 4) is 11.5 Å². The molecule has 1 aromatic carbocycles. The van der Waals surface area contributed by atoms with E-state index in [0.717, 1.165) is 17.8 Å². The van der Waals surface area contributed by atoms with Crippen LogP contribution in [-0.4, -0.2) is 25.0 Å². The van der Waals surface area contributed by atoms with Crippen LogP contribution < -0.4 is 9.47 Å². The van der Waals surface area contributed by atoms with Crippen LogP contribution >= 0.6 is 22.9 Å². The number of fused-ring (bicyclic) bond motifs is 1. The first kappa shape index (κ1) is 16.8. The lowest BCUT2D eigenvalue weighted by Crippen LogP contribution is -2.04. The van der Waals surface area contributed by atoms with Gasteiger partial charge in [0, 0.05) is 6.42 Å². The Morgan fingerprint density at radius 1 is 1.21 bits per heavy atom. The molecule has 0 aliphatic carbocycles. The number of Topliss-reactive ketones (excluding diaryl/α,β-unsaturated/α-hetero) is 1. The molecule has 0 saturated heterocycles. The molecular weight excluding hydrogens is 352 g/mol. The van der Waals surface area contributed by atoms with Gasteiger partial charge in [0.25, 0.3) is 0 Å². The highest BCUT2D eigenvalue weighted by Gasteiger charge is 2.17. The fraction of sp³-hybridized carbons (Fsp3) is 0.294. The highest BCUT2D eigenvalue weighted by molar-refractivity contribution is 7.15. The Morgan fingerprint density at radius 2 is 1.96 bits per heavy atom. The van der Waals surface area contributed by atoms with Crippen LogP contribution in [-0.2, 0) is 11.3 Å². The predicted octanol–water partition coefficient (Wildman–Crippen LogP) is 4.12. The minimum Gasteiger partial charge on any atom is -0.489 e. The Labute approximate surface area is 148 Å². The highest BCUT2D eigenvalue weighted by Crippen LogP contribution is 2.38. The minimum atomic E-state index is -0.476. The SMILES string of the molecule is CC(=O)c1ccc(C(=O)OCc2cc(Cl)c3c(c2)OCCCO3)s1. The van der Waals surface area contributed by atoms with Crippen molar-refractivity contribution in [2.45, 2.75) is 20.0 Å². The second-order valence-electron chi connectivity index (χ2n) is 5.25. The lowest BCUT2D eigenvalue weighted by atomic mass is 10.2. The molecule has 7 heteroatoms. The van der Waals surface area contributed by atoms with E-state index in [4.69, 9.17) is 25.8 Å². The van der Waals surface area contributed by atoms with Crippen molar-refractivity contribution < 1.29 is 23.8 Å². The summed E-state index contributed by atoms with van der Waals surface area (Å²) in [6.45, 7) is 2.62. The third kappa shape index (κ3) is 3.71. The number of rotatable bonds is 4. The van der Waals surface area contributed by atoms with Gasteiger partial charge in [0.05, 0.1) is 23.1 Å². The number of ether oxygens (including phenoxy) is 3. The number of halogens is 1. The summed E-state index contributed by atoms with van der Waals surface area (Å²) >= 11 is 7.33. The van der Waals surface area contributed by atoms with Crippen LogP contribution in [0.4, 0.5) is 0 Å². The summed E-state index contributed by atoms with van der Waals surface area (Å²) in [6.07, 6.45) is 0.784. The van der Waals surface area contributed by atoms with E-state index < -0.39 is 5.97 Å². The molecule has 0 fully saturated rings. The number of carbonyl (C=O) groups is 2. The summed E-state index contributed by atoms with van der Waals surface area (Å²) in [6, 6.07) is 6.66. The van der Waals surface area contributed by atoms with Crippen LogP contribution in [0.1, 0.15) is 38.3 Å². The van der Waals surface area contributed by atoms with Gasteiger partial charge in [0.2, 0.25) is 0 Å². The number of carbonyl (C=O) groups excluding carboxylic acids is 2. The van der Waals surface area contributed by atoms with Crippen molar-refractivity contribution in [1.82, 2.24) is 0 Å². The molecule has 24 heavy (non-hydrogen) atoms. The monoisotopic (exact) mass is 366 g/mol. The van der Waals surface area contributed by atoms with Crippen molar-refractivity contribution in [1.29, 1.82) is 0 Å². The molecule has 0 atom stereocenters. The van der Waals surface area contributed by atoms with Crippen molar-refractivity contribution in [2.75, 3.05) is 13.2 Å². The molecule has 2 heterocycles. The first-order valence-corrected chi connectivity index (χ1v) is 8.60. The van der Waals surface area contributed by atoms with E-state index >= 15 is 0 Å². The van der Waals surface area contributed by atoms with E-state index in [-0.39, 0.29) is 12.4 Å². The van der Waals surface area contributed by atoms with Crippen LogP contribution in [0.25, 0.3) is 0 Å². The molecule has 1 aliphatic heterocycles. The van der Waals surface area contributed by atoms with Gasteiger partial charge in [-0.05, 0) is 36.8 Å². The van der Waals surface area contributed by atoms with Crippen LogP contribution in [0.15, 0.2) is 24.3 Å². The summed E-state index contributed by atoms with van der Waals surface area (Å²) in [5.74, 6) is 0.527. The fourth-order valence-corrected chi connectivity index (χ4v) is 3.31. The molecule has 0 radical (unpaired) electrons. The van der Waals surface area contributed by atoms with Crippen molar-refractivity contribution in [3.63, 3.8) is 0 Å².